The standard InChI is InChI=1S/C20H34N2O3/c1-6-20(5,25-9-4)19(23)21-17-11-13-18(14-12-17)24-16-10-15-22(7-2)8-3/h11-14H,6-10,15-16H2,1-5H3,(H,21,23)/t20-/m1/s1. The van der Waals surface area contributed by atoms with Gasteiger partial charge in [-0.15, -0.1) is 0 Å². The number of benzene rings is 1. The second kappa shape index (κ2) is 11.1. The van der Waals surface area contributed by atoms with E-state index in [-0.39, 0.29) is 5.91 Å². The van der Waals surface area contributed by atoms with Gasteiger partial charge in [-0.2, -0.15) is 0 Å². The third-order valence-corrected chi connectivity index (χ3v) is 4.51. The first kappa shape index (κ1) is 21.5. The molecular formula is C20H34N2O3. The van der Waals surface area contributed by atoms with Gasteiger partial charge in [0.05, 0.1) is 6.61 Å². The monoisotopic (exact) mass is 350 g/mol. The van der Waals surface area contributed by atoms with Crippen molar-refractivity contribution in [3.63, 3.8) is 0 Å². The van der Waals surface area contributed by atoms with E-state index in [4.69, 9.17) is 9.47 Å². The Morgan fingerprint density at radius 2 is 1.76 bits per heavy atom. The van der Waals surface area contributed by atoms with Crippen molar-refractivity contribution in [2.45, 2.75) is 53.1 Å². The largest absolute Gasteiger partial charge is 0.494 e. The van der Waals surface area contributed by atoms with Gasteiger partial charge in [-0.25, -0.2) is 0 Å². The maximum absolute atomic E-state index is 12.4. The van der Waals surface area contributed by atoms with Gasteiger partial charge in [0.25, 0.3) is 5.91 Å². The first-order valence-electron chi connectivity index (χ1n) is 9.39. The van der Waals surface area contributed by atoms with E-state index in [1.54, 1.807) is 0 Å². The van der Waals surface area contributed by atoms with Crippen molar-refractivity contribution in [1.82, 2.24) is 4.90 Å². The maximum atomic E-state index is 12.4. The highest BCUT2D eigenvalue weighted by Gasteiger charge is 2.31. The van der Waals surface area contributed by atoms with Gasteiger partial charge in [0.2, 0.25) is 0 Å². The third kappa shape index (κ3) is 7.04. The molecule has 0 fully saturated rings. The number of nitrogens with zero attached hydrogens (tertiary/aromatic N) is 1. The first-order valence-corrected chi connectivity index (χ1v) is 9.39. The summed E-state index contributed by atoms with van der Waals surface area (Å²) in [4.78, 5) is 14.8. The zero-order valence-corrected chi connectivity index (χ0v) is 16.4. The molecule has 0 aliphatic heterocycles. The van der Waals surface area contributed by atoms with E-state index in [0.29, 0.717) is 19.6 Å². The van der Waals surface area contributed by atoms with Gasteiger partial charge in [-0.3, -0.25) is 4.79 Å². The summed E-state index contributed by atoms with van der Waals surface area (Å²) >= 11 is 0. The molecule has 5 heteroatoms. The maximum Gasteiger partial charge on any atom is 0.256 e. The van der Waals surface area contributed by atoms with Crippen LogP contribution in [0.5, 0.6) is 5.75 Å². The van der Waals surface area contributed by atoms with Gasteiger partial charge in [0.1, 0.15) is 11.4 Å². The average molecular weight is 351 g/mol. The number of anilines is 1. The van der Waals surface area contributed by atoms with Crippen molar-refractivity contribution >= 4 is 11.6 Å². The van der Waals surface area contributed by atoms with Crippen LogP contribution in [0.1, 0.15) is 47.5 Å². The molecule has 1 rings (SSSR count). The first-order chi connectivity index (χ1) is 12.0. The van der Waals surface area contributed by atoms with Crippen LogP contribution in [0.15, 0.2) is 24.3 Å². The van der Waals surface area contributed by atoms with Gasteiger partial charge in [-0.1, -0.05) is 20.8 Å². The Kier molecular flexibility index (Phi) is 9.53. The van der Waals surface area contributed by atoms with E-state index in [0.717, 1.165) is 37.5 Å². The molecule has 1 atom stereocenters. The number of hydrogen-bond donors (Lipinski definition) is 1. The van der Waals surface area contributed by atoms with Gasteiger partial charge < -0.3 is 19.7 Å². The van der Waals surface area contributed by atoms with Crippen LogP contribution in [0.25, 0.3) is 0 Å². The number of hydrogen-bond acceptors (Lipinski definition) is 4. The zero-order chi connectivity index (χ0) is 18.7. The number of carbonyl (C=O) groups excluding carboxylic acids is 1. The molecule has 0 spiro atoms. The SMILES string of the molecule is CCO[C@](C)(CC)C(=O)Nc1ccc(OCCCN(CC)CC)cc1. The molecule has 0 aromatic heterocycles. The molecule has 0 heterocycles. The summed E-state index contributed by atoms with van der Waals surface area (Å²) in [6.07, 6.45) is 1.63. The van der Waals surface area contributed by atoms with Crippen molar-refractivity contribution in [2.24, 2.45) is 0 Å². The fourth-order valence-corrected chi connectivity index (χ4v) is 2.56. The van der Waals surface area contributed by atoms with Gasteiger partial charge in [-0.05, 0) is 64.0 Å². The predicted octanol–water partition coefficient (Wildman–Crippen LogP) is 3.94. The highest BCUT2D eigenvalue weighted by molar-refractivity contribution is 5.97. The second-order valence-electron chi connectivity index (χ2n) is 6.22. The van der Waals surface area contributed by atoms with Crippen LogP contribution in [0.4, 0.5) is 5.69 Å². The minimum absolute atomic E-state index is 0.121. The van der Waals surface area contributed by atoms with Crippen LogP contribution >= 0.6 is 0 Å². The molecule has 5 nitrogen and oxygen atoms in total. The number of carbonyl (C=O) groups is 1. The molecule has 0 unspecified atom stereocenters. The Morgan fingerprint density at radius 3 is 2.28 bits per heavy atom. The van der Waals surface area contributed by atoms with Crippen LogP contribution in [0, 0.1) is 0 Å². The number of ether oxygens (including phenoxy) is 2. The molecule has 0 bridgehead atoms. The van der Waals surface area contributed by atoms with E-state index in [9.17, 15) is 4.79 Å². The molecule has 1 aromatic rings. The summed E-state index contributed by atoms with van der Waals surface area (Å²) < 4.78 is 11.4. The quantitative estimate of drug-likeness (QED) is 0.580. The number of nitrogens with one attached hydrogen (secondary N) is 1. The molecule has 0 radical (unpaired) electrons. The Morgan fingerprint density at radius 1 is 1.12 bits per heavy atom. The van der Waals surface area contributed by atoms with E-state index in [1.165, 1.54) is 0 Å². The number of amides is 1. The van der Waals surface area contributed by atoms with E-state index < -0.39 is 5.60 Å². The zero-order valence-electron chi connectivity index (χ0n) is 16.4. The minimum Gasteiger partial charge on any atom is -0.494 e. The molecule has 1 amide bonds. The normalized spacial score (nSPS) is 13.5. The Labute approximate surface area is 152 Å². The lowest BCUT2D eigenvalue weighted by molar-refractivity contribution is -0.139. The molecule has 1 aromatic carbocycles. The fraction of sp³-hybridized carbons (Fsp3) is 0.650. The summed E-state index contributed by atoms with van der Waals surface area (Å²) in [6.45, 7) is 14.4. The molecule has 142 valence electrons. The van der Waals surface area contributed by atoms with Gasteiger partial charge in [0.15, 0.2) is 0 Å². The molecule has 0 aliphatic rings. The predicted molar refractivity (Wildman–Crippen MR) is 103 cm³/mol. The smallest absolute Gasteiger partial charge is 0.256 e. The Bertz CT molecular complexity index is 500. The van der Waals surface area contributed by atoms with Crippen LogP contribution in [-0.4, -0.2) is 49.3 Å². The molecule has 0 aliphatic carbocycles. The molecule has 1 N–H and O–H groups in total. The third-order valence-electron chi connectivity index (χ3n) is 4.51. The number of rotatable bonds is 12. The minimum atomic E-state index is -0.797. The highest BCUT2D eigenvalue weighted by atomic mass is 16.5. The van der Waals surface area contributed by atoms with Gasteiger partial charge in [0, 0.05) is 18.8 Å². The van der Waals surface area contributed by atoms with Crippen molar-refractivity contribution in [3.8, 4) is 5.75 Å². The van der Waals surface area contributed by atoms with E-state index in [2.05, 4.69) is 24.1 Å². The lowest BCUT2D eigenvalue weighted by Crippen LogP contribution is -2.42. The van der Waals surface area contributed by atoms with Crippen LogP contribution in [0.3, 0.4) is 0 Å². The Hall–Kier alpha value is -1.59. The second-order valence-corrected chi connectivity index (χ2v) is 6.22. The van der Waals surface area contributed by atoms with Gasteiger partial charge >= 0.3 is 0 Å². The van der Waals surface area contributed by atoms with Crippen molar-refractivity contribution < 1.29 is 14.3 Å². The van der Waals surface area contributed by atoms with E-state index >= 15 is 0 Å². The van der Waals surface area contributed by atoms with Crippen LogP contribution in [-0.2, 0) is 9.53 Å². The van der Waals surface area contributed by atoms with Crippen LogP contribution < -0.4 is 10.1 Å². The summed E-state index contributed by atoms with van der Waals surface area (Å²) in [5, 5.41) is 2.92. The molecular weight excluding hydrogens is 316 g/mol. The average Bonchev–Trinajstić information content (AvgIpc) is 2.63. The highest BCUT2D eigenvalue weighted by Crippen LogP contribution is 2.20. The molecule has 0 saturated heterocycles. The van der Waals surface area contributed by atoms with Crippen molar-refractivity contribution in [2.75, 3.05) is 38.2 Å². The summed E-state index contributed by atoms with van der Waals surface area (Å²) in [6, 6.07) is 7.49. The Balaban J connectivity index is 2.47. The summed E-state index contributed by atoms with van der Waals surface area (Å²) in [5.74, 6) is 0.699. The van der Waals surface area contributed by atoms with Crippen LogP contribution in [0.2, 0.25) is 0 Å². The lowest BCUT2D eigenvalue weighted by atomic mass is 10.0. The topological polar surface area (TPSA) is 50.8 Å². The van der Waals surface area contributed by atoms with Crippen molar-refractivity contribution in [3.05, 3.63) is 24.3 Å². The molecule has 25 heavy (non-hydrogen) atoms. The molecule has 0 saturated carbocycles. The van der Waals surface area contributed by atoms with Crippen molar-refractivity contribution in [1.29, 1.82) is 0 Å². The summed E-state index contributed by atoms with van der Waals surface area (Å²) in [7, 11) is 0. The summed E-state index contributed by atoms with van der Waals surface area (Å²) in [5.41, 5.74) is -0.0474. The van der Waals surface area contributed by atoms with E-state index in [1.807, 2.05) is 45.0 Å². The fourth-order valence-electron chi connectivity index (χ4n) is 2.56. The lowest BCUT2D eigenvalue weighted by Gasteiger charge is -2.26.